The number of hydrogen-bond acceptors (Lipinski definition) is 2. The van der Waals surface area contributed by atoms with Crippen LogP contribution < -0.4 is 11.1 Å². The SMILES string of the molecule is Cc1ccc(N)c(C(=O)Nc2cc(F)cc(F)c2)c1. The standard InChI is InChI=1S/C14H12F2N2O/c1-8-2-3-13(17)12(4-8)14(19)18-11-6-9(15)5-10(16)7-11/h2-7H,17H2,1H3,(H,18,19). The van der Waals surface area contributed by atoms with Crippen LogP contribution in [0.5, 0.6) is 0 Å². The normalized spacial score (nSPS) is 10.3. The third-order valence-corrected chi connectivity index (χ3v) is 2.57. The second-order valence-corrected chi connectivity index (χ2v) is 4.20. The molecular formula is C14H12F2N2O. The molecule has 0 aliphatic heterocycles. The van der Waals surface area contributed by atoms with Crippen molar-refractivity contribution in [3.05, 3.63) is 59.2 Å². The second-order valence-electron chi connectivity index (χ2n) is 4.20. The van der Waals surface area contributed by atoms with Crippen molar-refractivity contribution in [2.45, 2.75) is 6.92 Å². The lowest BCUT2D eigenvalue weighted by Crippen LogP contribution is -2.14. The van der Waals surface area contributed by atoms with Gasteiger partial charge in [-0.25, -0.2) is 8.78 Å². The van der Waals surface area contributed by atoms with Gasteiger partial charge in [-0.2, -0.15) is 0 Å². The molecule has 0 radical (unpaired) electrons. The molecule has 3 N–H and O–H groups in total. The number of rotatable bonds is 2. The van der Waals surface area contributed by atoms with Crippen LogP contribution in [-0.4, -0.2) is 5.91 Å². The van der Waals surface area contributed by atoms with Gasteiger partial charge in [0.2, 0.25) is 0 Å². The molecule has 0 aliphatic rings. The van der Waals surface area contributed by atoms with Crippen molar-refractivity contribution in [3.63, 3.8) is 0 Å². The fraction of sp³-hybridized carbons (Fsp3) is 0.0714. The highest BCUT2D eigenvalue weighted by molar-refractivity contribution is 6.07. The molecule has 0 fully saturated rings. The van der Waals surface area contributed by atoms with Crippen LogP contribution in [-0.2, 0) is 0 Å². The molecule has 5 heteroatoms. The smallest absolute Gasteiger partial charge is 0.257 e. The minimum Gasteiger partial charge on any atom is -0.398 e. The minimum absolute atomic E-state index is 0.0448. The van der Waals surface area contributed by atoms with E-state index in [-0.39, 0.29) is 11.3 Å². The van der Waals surface area contributed by atoms with Crippen LogP contribution in [0.15, 0.2) is 36.4 Å². The van der Waals surface area contributed by atoms with E-state index in [2.05, 4.69) is 5.32 Å². The lowest BCUT2D eigenvalue weighted by atomic mass is 10.1. The Kier molecular flexibility index (Phi) is 3.46. The van der Waals surface area contributed by atoms with Crippen molar-refractivity contribution >= 4 is 17.3 Å². The van der Waals surface area contributed by atoms with E-state index >= 15 is 0 Å². The quantitative estimate of drug-likeness (QED) is 0.817. The van der Waals surface area contributed by atoms with E-state index in [1.165, 1.54) is 0 Å². The minimum atomic E-state index is -0.757. The van der Waals surface area contributed by atoms with Gasteiger partial charge in [-0.3, -0.25) is 4.79 Å². The summed E-state index contributed by atoms with van der Waals surface area (Å²) in [7, 11) is 0. The molecule has 0 heterocycles. The average molecular weight is 262 g/mol. The van der Waals surface area contributed by atoms with Crippen LogP contribution in [0.2, 0.25) is 0 Å². The maximum absolute atomic E-state index is 13.0. The average Bonchev–Trinajstić information content (AvgIpc) is 2.30. The molecule has 0 bridgehead atoms. The molecule has 98 valence electrons. The van der Waals surface area contributed by atoms with E-state index in [9.17, 15) is 13.6 Å². The summed E-state index contributed by atoms with van der Waals surface area (Å²) in [5, 5.41) is 2.41. The van der Waals surface area contributed by atoms with Crippen molar-refractivity contribution in [3.8, 4) is 0 Å². The van der Waals surface area contributed by atoms with Gasteiger partial charge in [-0.05, 0) is 31.2 Å². The van der Waals surface area contributed by atoms with Gasteiger partial charge in [-0.1, -0.05) is 11.6 Å². The van der Waals surface area contributed by atoms with Crippen LogP contribution in [0.3, 0.4) is 0 Å². The van der Waals surface area contributed by atoms with Crippen LogP contribution in [0.4, 0.5) is 20.2 Å². The number of hydrogen-bond donors (Lipinski definition) is 2. The third kappa shape index (κ3) is 3.07. The Bertz CT molecular complexity index is 621. The number of anilines is 2. The molecule has 2 aromatic rings. The van der Waals surface area contributed by atoms with Gasteiger partial charge in [0.25, 0.3) is 5.91 Å². The van der Waals surface area contributed by atoms with E-state index in [4.69, 9.17) is 5.73 Å². The molecule has 2 aromatic carbocycles. The predicted octanol–water partition coefficient (Wildman–Crippen LogP) is 3.11. The molecule has 19 heavy (non-hydrogen) atoms. The first-order chi connectivity index (χ1) is 8.95. The van der Waals surface area contributed by atoms with Crippen molar-refractivity contribution in [1.29, 1.82) is 0 Å². The van der Waals surface area contributed by atoms with Crippen molar-refractivity contribution in [2.24, 2.45) is 0 Å². The molecule has 2 rings (SSSR count). The van der Waals surface area contributed by atoms with Crippen LogP contribution in [0.25, 0.3) is 0 Å². The highest BCUT2D eigenvalue weighted by atomic mass is 19.1. The Hall–Kier alpha value is -2.43. The van der Waals surface area contributed by atoms with E-state index in [1.54, 1.807) is 18.2 Å². The first-order valence-electron chi connectivity index (χ1n) is 5.59. The number of carbonyl (C=O) groups excluding carboxylic acids is 1. The van der Waals surface area contributed by atoms with Gasteiger partial charge < -0.3 is 11.1 Å². The van der Waals surface area contributed by atoms with Crippen LogP contribution >= 0.6 is 0 Å². The molecule has 0 aromatic heterocycles. The summed E-state index contributed by atoms with van der Waals surface area (Å²) in [5.41, 5.74) is 7.18. The van der Waals surface area contributed by atoms with Gasteiger partial charge >= 0.3 is 0 Å². The second kappa shape index (κ2) is 5.06. The van der Waals surface area contributed by atoms with Gasteiger partial charge in [0, 0.05) is 17.4 Å². The third-order valence-electron chi connectivity index (χ3n) is 2.57. The highest BCUT2D eigenvalue weighted by Gasteiger charge is 2.11. The number of aryl methyl sites for hydroxylation is 1. The zero-order valence-corrected chi connectivity index (χ0v) is 10.2. The Morgan fingerprint density at radius 1 is 1.11 bits per heavy atom. The summed E-state index contributed by atoms with van der Waals surface area (Å²) >= 11 is 0. The summed E-state index contributed by atoms with van der Waals surface area (Å²) in [6.07, 6.45) is 0. The number of nitrogen functional groups attached to an aromatic ring is 1. The van der Waals surface area contributed by atoms with Gasteiger partial charge in [-0.15, -0.1) is 0 Å². The van der Waals surface area contributed by atoms with Crippen LogP contribution in [0, 0.1) is 18.6 Å². The first kappa shape index (κ1) is 13.0. The van der Waals surface area contributed by atoms with E-state index in [0.717, 1.165) is 23.8 Å². The number of halogens is 2. The highest BCUT2D eigenvalue weighted by Crippen LogP contribution is 2.18. The summed E-state index contributed by atoms with van der Waals surface area (Å²) < 4.78 is 26.0. The fourth-order valence-corrected chi connectivity index (χ4v) is 1.69. The van der Waals surface area contributed by atoms with E-state index in [0.29, 0.717) is 5.69 Å². The summed E-state index contributed by atoms with van der Waals surface area (Å²) in [6, 6.07) is 7.79. The Labute approximate surface area is 109 Å². The van der Waals surface area contributed by atoms with Crippen molar-refractivity contribution in [1.82, 2.24) is 0 Å². The van der Waals surface area contributed by atoms with Gasteiger partial charge in [0.15, 0.2) is 0 Å². The monoisotopic (exact) mass is 262 g/mol. The molecule has 0 saturated carbocycles. The predicted molar refractivity (Wildman–Crippen MR) is 69.9 cm³/mol. The number of amides is 1. The number of nitrogens with two attached hydrogens (primary N) is 1. The molecule has 3 nitrogen and oxygen atoms in total. The maximum atomic E-state index is 13.0. The van der Waals surface area contributed by atoms with E-state index in [1.807, 2.05) is 6.92 Å². The lowest BCUT2D eigenvalue weighted by Gasteiger charge is -2.08. The summed E-state index contributed by atoms with van der Waals surface area (Å²) in [6.45, 7) is 1.82. The van der Waals surface area contributed by atoms with Gasteiger partial charge in [0.1, 0.15) is 11.6 Å². The fourth-order valence-electron chi connectivity index (χ4n) is 1.69. The number of benzene rings is 2. The Balaban J connectivity index is 2.28. The summed E-state index contributed by atoms with van der Waals surface area (Å²) in [5.74, 6) is -2.02. The molecule has 0 aliphatic carbocycles. The molecule has 0 saturated heterocycles. The topological polar surface area (TPSA) is 55.1 Å². The first-order valence-corrected chi connectivity index (χ1v) is 5.59. The van der Waals surface area contributed by atoms with E-state index < -0.39 is 17.5 Å². The van der Waals surface area contributed by atoms with Gasteiger partial charge in [0.05, 0.1) is 5.56 Å². The van der Waals surface area contributed by atoms with Crippen LogP contribution in [0.1, 0.15) is 15.9 Å². The largest absolute Gasteiger partial charge is 0.398 e. The maximum Gasteiger partial charge on any atom is 0.257 e. The molecule has 1 amide bonds. The Morgan fingerprint density at radius 3 is 2.37 bits per heavy atom. The van der Waals surface area contributed by atoms with Crippen molar-refractivity contribution in [2.75, 3.05) is 11.1 Å². The number of nitrogens with one attached hydrogen (secondary N) is 1. The molecule has 0 atom stereocenters. The van der Waals surface area contributed by atoms with Crippen molar-refractivity contribution < 1.29 is 13.6 Å². The molecular weight excluding hydrogens is 250 g/mol. The zero-order chi connectivity index (χ0) is 14.0. The lowest BCUT2D eigenvalue weighted by molar-refractivity contribution is 0.102. The molecule has 0 unspecified atom stereocenters. The number of carbonyl (C=O) groups is 1. The molecule has 0 spiro atoms. The summed E-state index contributed by atoms with van der Waals surface area (Å²) in [4.78, 5) is 12.0. The zero-order valence-electron chi connectivity index (χ0n) is 10.2. The Morgan fingerprint density at radius 2 is 1.74 bits per heavy atom.